The molecule has 0 aliphatic carbocycles. The van der Waals surface area contributed by atoms with Gasteiger partial charge in [-0.15, -0.1) is 0 Å². The van der Waals surface area contributed by atoms with Crippen LogP contribution in [0, 0.1) is 5.82 Å². The van der Waals surface area contributed by atoms with Gasteiger partial charge in [-0.1, -0.05) is 11.6 Å². The zero-order chi connectivity index (χ0) is 16.7. The van der Waals surface area contributed by atoms with Gasteiger partial charge in [-0.3, -0.25) is 9.59 Å². The van der Waals surface area contributed by atoms with Crippen LogP contribution in [0.25, 0.3) is 0 Å². The fourth-order valence-corrected chi connectivity index (χ4v) is 2.24. The highest BCUT2D eigenvalue weighted by molar-refractivity contribution is 6.31. The molecule has 0 saturated carbocycles. The van der Waals surface area contributed by atoms with E-state index in [4.69, 9.17) is 11.6 Å². The second kappa shape index (κ2) is 8.70. The highest BCUT2D eigenvalue weighted by Gasteiger charge is 2.17. The lowest BCUT2D eigenvalue weighted by Crippen LogP contribution is -3.11. The lowest BCUT2D eigenvalue weighted by Gasteiger charge is -2.20. The van der Waals surface area contributed by atoms with E-state index in [1.165, 1.54) is 18.2 Å². The molecule has 0 spiro atoms. The smallest absolute Gasteiger partial charge is 0.279 e. The third kappa shape index (κ3) is 5.61. The average Bonchev–Trinajstić information content (AvgIpc) is 2.43. The molecule has 22 heavy (non-hydrogen) atoms. The van der Waals surface area contributed by atoms with Crippen LogP contribution >= 0.6 is 11.6 Å². The van der Waals surface area contributed by atoms with Crippen molar-refractivity contribution in [3.63, 3.8) is 0 Å². The van der Waals surface area contributed by atoms with Crippen LogP contribution in [0.4, 0.5) is 10.1 Å². The maximum absolute atomic E-state index is 13.0. The van der Waals surface area contributed by atoms with E-state index in [-0.39, 0.29) is 29.9 Å². The minimum absolute atomic E-state index is 0.0140. The van der Waals surface area contributed by atoms with Gasteiger partial charge in [-0.2, -0.15) is 0 Å². The fraction of sp³-hybridized carbons (Fsp3) is 0.467. The molecular formula is C15H22ClFN3O2+. The summed E-state index contributed by atoms with van der Waals surface area (Å²) in [5, 5.41) is 2.59. The summed E-state index contributed by atoms with van der Waals surface area (Å²) in [4.78, 5) is 26.4. The molecule has 0 aliphatic heterocycles. The summed E-state index contributed by atoms with van der Waals surface area (Å²) in [6.07, 6.45) is 0. The van der Waals surface area contributed by atoms with Crippen molar-refractivity contribution in [3.8, 4) is 0 Å². The van der Waals surface area contributed by atoms with E-state index in [0.717, 1.165) is 4.90 Å². The van der Waals surface area contributed by atoms with Crippen molar-refractivity contribution in [2.24, 2.45) is 0 Å². The van der Waals surface area contributed by atoms with Gasteiger partial charge in [-0.25, -0.2) is 4.39 Å². The van der Waals surface area contributed by atoms with Crippen molar-refractivity contribution in [3.05, 3.63) is 29.0 Å². The Morgan fingerprint density at radius 2 is 1.91 bits per heavy atom. The van der Waals surface area contributed by atoms with Gasteiger partial charge >= 0.3 is 0 Å². The number of benzene rings is 1. The molecule has 0 heterocycles. The van der Waals surface area contributed by atoms with E-state index >= 15 is 0 Å². The van der Waals surface area contributed by atoms with Crippen molar-refractivity contribution in [2.45, 2.75) is 13.8 Å². The second-order valence-corrected chi connectivity index (χ2v) is 5.46. The Hall–Kier alpha value is -1.66. The number of halogens is 2. The minimum Gasteiger partial charge on any atom is -0.338 e. The first kappa shape index (κ1) is 18.4. The predicted octanol–water partition coefficient (Wildman–Crippen LogP) is 0.801. The fourth-order valence-electron chi connectivity index (χ4n) is 2.06. The van der Waals surface area contributed by atoms with Gasteiger partial charge in [0.15, 0.2) is 13.1 Å². The summed E-state index contributed by atoms with van der Waals surface area (Å²) in [6, 6.07) is 3.99. The van der Waals surface area contributed by atoms with Gasteiger partial charge in [0.2, 0.25) is 0 Å². The van der Waals surface area contributed by atoms with E-state index < -0.39 is 5.82 Å². The number of hydrogen-bond donors (Lipinski definition) is 2. The van der Waals surface area contributed by atoms with Crippen molar-refractivity contribution in [2.75, 3.05) is 38.5 Å². The molecule has 0 aromatic heterocycles. The van der Waals surface area contributed by atoms with Crippen LogP contribution in [-0.2, 0) is 9.59 Å². The van der Waals surface area contributed by atoms with Gasteiger partial charge in [0.25, 0.3) is 11.8 Å². The Morgan fingerprint density at radius 1 is 1.27 bits per heavy atom. The number of nitrogens with one attached hydrogen (secondary N) is 2. The van der Waals surface area contributed by atoms with Crippen molar-refractivity contribution < 1.29 is 18.9 Å². The van der Waals surface area contributed by atoms with Crippen molar-refractivity contribution in [1.29, 1.82) is 0 Å². The minimum atomic E-state index is -0.535. The van der Waals surface area contributed by atoms with Crippen molar-refractivity contribution in [1.82, 2.24) is 4.90 Å². The lowest BCUT2D eigenvalue weighted by molar-refractivity contribution is -0.862. The summed E-state index contributed by atoms with van der Waals surface area (Å²) >= 11 is 5.66. The summed E-state index contributed by atoms with van der Waals surface area (Å²) < 4.78 is 13.0. The molecule has 0 fully saturated rings. The van der Waals surface area contributed by atoms with Gasteiger partial charge in [-0.05, 0) is 32.0 Å². The first-order valence-corrected chi connectivity index (χ1v) is 7.59. The third-order valence-corrected chi connectivity index (χ3v) is 3.52. The van der Waals surface area contributed by atoms with Crippen LogP contribution in [-0.4, -0.2) is 49.9 Å². The summed E-state index contributed by atoms with van der Waals surface area (Å²) in [5.41, 5.74) is 0.430. The quantitative estimate of drug-likeness (QED) is 0.777. The Bertz CT molecular complexity index is 536. The number of quaternary nitrogens is 1. The monoisotopic (exact) mass is 330 g/mol. The number of amides is 2. The molecule has 1 unspecified atom stereocenters. The van der Waals surface area contributed by atoms with E-state index in [0.29, 0.717) is 18.8 Å². The molecule has 0 saturated heterocycles. The number of likely N-dealkylation sites (N-methyl/N-ethyl adjacent to an activating group) is 2. The van der Waals surface area contributed by atoms with E-state index in [2.05, 4.69) is 5.32 Å². The second-order valence-electron chi connectivity index (χ2n) is 5.05. The zero-order valence-electron chi connectivity index (χ0n) is 13.1. The standard InChI is InChI=1S/C15H21ClFN3O2/c1-4-20(5-2)15(22)10-19(3)9-14(21)18-11-6-7-13(17)12(16)8-11/h6-8H,4-5,9-10H2,1-3H3,(H,18,21)/p+1. The Morgan fingerprint density at radius 3 is 2.45 bits per heavy atom. The molecule has 1 aromatic rings. The van der Waals surface area contributed by atoms with Crippen LogP contribution in [0.3, 0.4) is 0 Å². The molecule has 5 nitrogen and oxygen atoms in total. The third-order valence-electron chi connectivity index (χ3n) is 3.23. The summed E-state index contributed by atoms with van der Waals surface area (Å²) in [6.45, 7) is 5.54. The number of carbonyl (C=O) groups excluding carboxylic acids is 2. The average molecular weight is 331 g/mol. The molecule has 1 atom stereocenters. The molecule has 0 aliphatic rings. The molecule has 1 rings (SSSR count). The van der Waals surface area contributed by atoms with Crippen LogP contribution in [0.2, 0.25) is 5.02 Å². The maximum atomic E-state index is 13.0. The highest BCUT2D eigenvalue weighted by Crippen LogP contribution is 2.18. The molecule has 0 bridgehead atoms. The Labute approximate surface area is 135 Å². The van der Waals surface area contributed by atoms with E-state index in [1.54, 1.807) is 11.9 Å². The van der Waals surface area contributed by atoms with Crippen LogP contribution < -0.4 is 10.2 Å². The summed E-state index contributed by atoms with van der Waals surface area (Å²) in [5.74, 6) is -0.778. The number of carbonyl (C=O) groups is 2. The molecule has 1 aromatic carbocycles. The van der Waals surface area contributed by atoms with Gasteiger partial charge in [0.1, 0.15) is 5.82 Å². The van der Waals surface area contributed by atoms with Gasteiger partial charge < -0.3 is 15.1 Å². The SMILES string of the molecule is CCN(CC)C(=O)C[NH+](C)CC(=O)Nc1ccc(F)c(Cl)c1. The first-order chi connectivity index (χ1) is 10.4. The van der Waals surface area contributed by atoms with Gasteiger partial charge in [0.05, 0.1) is 12.1 Å². The number of anilines is 1. The first-order valence-electron chi connectivity index (χ1n) is 7.21. The molecule has 0 radical (unpaired) electrons. The van der Waals surface area contributed by atoms with E-state index in [9.17, 15) is 14.0 Å². The molecular weight excluding hydrogens is 309 g/mol. The molecule has 2 N–H and O–H groups in total. The number of hydrogen-bond acceptors (Lipinski definition) is 2. The molecule has 7 heteroatoms. The topological polar surface area (TPSA) is 53.9 Å². The number of nitrogens with zero attached hydrogens (tertiary/aromatic N) is 1. The molecule has 122 valence electrons. The van der Waals surface area contributed by atoms with Crippen LogP contribution in [0.15, 0.2) is 18.2 Å². The zero-order valence-corrected chi connectivity index (χ0v) is 13.8. The maximum Gasteiger partial charge on any atom is 0.279 e. The van der Waals surface area contributed by atoms with E-state index in [1.807, 2.05) is 13.8 Å². The highest BCUT2D eigenvalue weighted by atomic mass is 35.5. The Kier molecular flexibility index (Phi) is 7.27. The van der Waals surface area contributed by atoms with Crippen LogP contribution in [0.5, 0.6) is 0 Å². The largest absolute Gasteiger partial charge is 0.338 e. The number of rotatable bonds is 7. The normalized spacial score (nSPS) is 11.9. The predicted molar refractivity (Wildman–Crippen MR) is 84.6 cm³/mol. The van der Waals surface area contributed by atoms with Crippen LogP contribution in [0.1, 0.15) is 13.8 Å². The lowest BCUT2D eigenvalue weighted by atomic mass is 10.3. The molecule has 2 amide bonds. The van der Waals surface area contributed by atoms with Gasteiger partial charge in [0, 0.05) is 18.8 Å². The summed E-state index contributed by atoms with van der Waals surface area (Å²) in [7, 11) is 1.78. The Balaban J connectivity index is 2.50. The van der Waals surface area contributed by atoms with Crippen molar-refractivity contribution >= 4 is 29.1 Å².